The van der Waals surface area contributed by atoms with E-state index in [1.165, 1.54) is 0 Å². The lowest BCUT2D eigenvalue weighted by atomic mass is 10.2. The molecule has 0 atom stereocenters. The molecule has 4 heteroatoms. The molecule has 64 valence electrons. The highest BCUT2D eigenvalue weighted by Crippen LogP contribution is 2.08. The molecule has 2 rings (SSSR count). The maximum Gasteiger partial charge on any atom is 0.148 e. The Labute approximate surface area is 71.0 Å². The van der Waals surface area contributed by atoms with Crippen molar-refractivity contribution in [3.8, 4) is 0 Å². The van der Waals surface area contributed by atoms with Gasteiger partial charge in [0.2, 0.25) is 0 Å². The fraction of sp³-hybridized carbons (Fsp3) is 0.625. The molecule has 1 aliphatic rings. The smallest absolute Gasteiger partial charge is 0.148 e. The van der Waals surface area contributed by atoms with Crippen LogP contribution in [0, 0.1) is 6.92 Å². The zero-order chi connectivity index (χ0) is 8.39. The van der Waals surface area contributed by atoms with Gasteiger partial charge in [0.25, 0.3) is 0 Å². The lowest BCUT2D eigenvalue weighted by molar-refractivity contribution is 0.146. The largest absolute Gasteiger partial charge is 0.381 e. The number of nitrogens with zero attached hydrogens (tertiary/aromatic N) is 3. The SMILES string of the molecule is Cc1nnc2c(n1)CCOCC2. The molecule has 0 aliphatic carbocycles. The Bertz CT molecular complexity index is 288. The van der Waals surface area contributed by atoms with Gasteiger partial charge in [0.15, 0.2) is 0 Å². The highest BCUT2D eigenvalue weighted by Gasteiger charge is 2.10. The van der Waals surface area contributed by atoms with Gasteiger partial charge in [-0.25, -0.2) is 4.98 Å². The maximum atomic E-state index is 5.31. The van der Waals surface area contributed by atoms with Crippen LogP contribution in [0.15, 0.2) is 0 Å². The van der Waals surface area contributed by atoms with Gasteiger partial charge in [0.1, 0.15) is 5.82 Å². The van der Waals surface area contributed by atoms with Gasteiger partial charge in [0.05, 0.1) is 24.6 Å². The molecule has 0 spiro atoms. The third-order valence-electron chi connectivity index (χ3n) is 1.91. The van der Waals surface area contributed by atoms with Gasteiger partial charge < -0.3 is 4.74 Å². The molecule has 0 N–H and O–H groups in total. The van der Waals surface area contributed by atoms with E-state index in [1.54, 1.807) is 0 Å². The Morgan fingerprint density at radius 1 is 1.08 bits per heavy atom. The quantitative estimate of drug-likeness (QED) is 0.554. The van der Waals surface area contributed by atoms with E-state index in [9.17, 15) is 0 Å². The van der Waals surface area contributed by atoms with E-state index >= 15 is 0 Å². The monoisotopic (exact) mass is 165 g/mol. The van der Waals surface area contributed by atoms with Gasteiger partial charge in [0, 0.05) is 12.8 Å². The maximum absolute atomic E-state index is 5.31. The highest BCUT2D eigenvalue weighted by atomic mass is 16.5. The molecule has 0 fully saturated rings. The Balaban J connectivity index is 2.36. The molecule has 0 amide bonds. The second kappa shape index (κ2) is 3.15. The molecule has 1 aromatic heterocycles. The first-order valence-corrected chi connectivity index (χ1v) is 4.13. The van der Waals surface area contributed by atoms with Gasteiger partial charge in [-0.15, -0.1) is 5.10 Å². The Kier molecular flexibility index (Phi) is 1.99. The van der Waals surface area contributed by atoms with Crippen LogP contribution in [0.3, 0.4) is 0 Å². The van der Waals surface area contributed by atoms with Crippen molar-refractivity contribution in [2.24, 2.45) is 0 Å². The molecule has 0 saturated carbocycles. The minimum Gasteiger partial charge on any atom is -0.381 e. The average Bonchev–Trinajstić information content (AvgIpc) is 2.28. The van der Waals surface area contributed by atoms with E-state index < -0.39 is 0 Å². The number of aryl methyl sites for hydroxylation is 1. The lowest BCUT2D eigenvalue weighted by Gasteiger charge is -2.00. The summed E-state index contributed by atoms with van der Waals surface area (Å²) < 4.78 is 5.31. The summed E-state index contributed by atoms with van der Waals surface area (Å²) in [5.41, 5.74) is 2.05. The summed E-state index contributed by atoms with van der Waals surface area (Å²) in [6.07, 6.45) is 1.71. The van der Waals surface area contributed by atoms with E-state index in [0.29, 0.717) is 0 Å². The summed E-state index contributed by atoms with van der Waals surface area (Å²) in [4.78, 5) is 4.32. The van der Waals surface area contributed by atoms with Gasteiger partial charge in [-0.1, -0.05) is 0 Å². The molecule has 2 heterocycles. The number of hydrogen-bond donors (Lipinski definition) is 0. The zero-order valence-electron chi connectivity index (χ0n) is 7.08. The first kappa shape index (κ1) is 7.61. The molecule has 0 saturated heterocycles. The van der Waals surface area contributed by atoms with Crippen LogP contribution in [0.4, 0.5) is 0 Å². The summed E-state index contributed by atoms with van der Waals surface area (Å²) in [5.74, 6) is 0.746. The van der Waals surface area contributed by atoms with Crippen molar-refractivity contribution in [2.45, 2.75) is 19.8 Å². The van der Waals surface area contributed by atoms with Crippen LogP contribution in [-0.2, 0) is 17.6 Å². The van der Waals surface area contributed by atoms with Gasteiger partial charge in [-0.3, -0.25) is 0 Å². The van der Waals surface area contributed by atoms with Crippen molar-refractivity contribution in [3.05, 3.63) is 17.2 Å². The van der Waals surface area contributed by atoms with Crippen LogP contribution in [0.5, 0.6) is 0 Å². The van der Waals surface area contributed by atoms with Crippen LogP contribution in [0.2, 0.25) is 0 Å². The van der Waals surface area contributed by atoms with Crippen LogP contribution in [0.1, 0.15) is 17.2 Å². The van der Waals surface area contributed by atoms with Crippen LogP contribution in [0.25, 0.3) is 0 Å². The molecule has 0 radical (unpaired) electrons. The van der Waals surface area contributed by atoms with Crippen molar-refractivity contribution in [2.75, 3.05) is 13.2 Å². The Morgan fingerprint density at radius 3 is 2.67 bits per heavy atom. The summed E-state index contributed by atoms with van der Waals surface area (Å²) in [5, 5.41) is 8.00. The van der Waals surface area contributed by atoms with Gasteiger partial charge in [-0.05, 0) is 6.92 Å². The zero-order valence-corrected chi connectivity index (χ0v) is 7.08. The first-order chi connectivity index (χ1) is 5.86. The number of rotatable bonds is 0. The van der Waals surface area contributed by atoms with Crippen molar-refractivity contribution in [1.82, 2.24) is 15.2 Å². The molecular formula is C8H11N3O. The van der Waals surface area contributed by atoms with Crippen LogP contribution < -0.4 is 0 Å². The lowest BCUT2D eigenvalue weighted by Crippen LogP contribution is -2.05. The number of fused-ring (bicyclic) bond motifs is 1. The summed E-state index contributed by atoms with van der Waals surface area (Å²) >= 11 is 0. The first-order valence-electron chi connectivity index (χ1n) is 4.13. The van der Waals surface area contributed by atoms with Crippen molar-refractivity contribution in [1.29, 1.82) is 0 Å². The minimum atomic E-state index is 0.742. The predicted octanol–water partition coefficient (Wildman–Crippen LogP) is 0.295. The van der Waals surface area contributed by atoms with Crippen LogP contribution >= 0.6 is 0 Å². The molecule has 12 heavy (non-hydrogen) atoms. The minimum absolute atomic E-state index is 0.742. The highest BCUT2D eigenvalue weighted by molar-refractivity contribution is 5.11. The van der Waals surface area contributed by atoms with Gasteiger partial charge in [-0.2, -0.15) is 5.10 Å². The average molecular weight is 165 g/mol. The van der Waals surface area contributed by atoms with Crippen molar-refractivity contribution >= 4 is 0 Å². The van der Waals surface area contributed by atoms with Crippen molar-refractivity contribution < 1.29 is 4.74 Å². The van der Waals surface area contributed by atoms with Crippen LogP contribution in [-0.4, -0.2) is 28.4 Å². The third-order valence-corrected chi connectivity index (χ3v) is 1.91. The standard InChI is InChI=1S/C8H11N3O/c1-6-9-7-2-4-12-5-3-8(7)11-10-6/h2-5H2,1H3. The molecule has 1 aliphatic heterocycles. The fourth-order valence-electron chi connectivity index (χ4n) is 1.31. The topological polar surface area (TPSA) is 47.9 Å². The summed E-state index contributed by atoms with van der Waals surface area (Å²) in [6.45, 7) is 3.36. The van der Waals surface area contributed by atoms with E-state index in [2.05, 4.69) is 15.2 Å². The third kappa shape index (κ3) is 1.43. The normalized spacial score (nSPS) is 16.8. The molecular weight excluding hydrogens is 154 g/mol. The van der Waals surface area contributed by atoms with Crippen molar-refractivity contribution in [3.63, 3.8) is 0 Å². The molecule has 4 nitrogen and oxygen atoms in total. The van der Waals surface area contributed by atoms with E-state index in [-0.39, 0.29) is 0 Å². The van der Waals surface area contributed by atoms with Gasteiger partial charge >= 0.3 is 0 Å². The molecule has 0 unspecified atom stereocenters. The second-order valence-corrected chi connectivity index (χ2v) is 2.86. The summed E-state index contributed by atoms with van der Waals surface area (Å²) in [7, 11) is 0. The molecule has 0 aromatic carbocycles. The Morgan fingerprint density at radius 2 is 1.83 bits per heavy atom. The van der Waals surface area contributed by atoms with E-state index in [0.717, 1.165) is 43.3 Å². The number of hydrogen-bond acceptors (Lipinski definition) is 4. The molecule has 1 aromatic rings. The second-order valence-electron chi connectivity index (χ2n) is 2.86. The number of ether oxygens (including phenoxy) is 1. The van der Waals surface area contributed by atoms with E-state index in [4.69, 9.17) is 4.74 Å². The molecule has 0 bridgehead atoms. The summed E-state index contributed by atoms with van der Waals surface area (Å²) in [6, 6.07) is 0. The number of aromatic nitrogens is 3. The van der Waals surface area contributed by atoms with E-state index in [1.807, 2.05) is 6.92 Å². The fourth-order valence-corrected chi connectivity index (χ4v) is 1.31. The predicted molar refractivity (Wildman–Crippen MR) is 42.8 cm³/mol. The Hall–Kier alpha value is -1.03.